The van der Waals surface area contributed by atoms with E-state index < -0.39 is 11.6 Å². The van der Waals surface area contributed by atoms with Crippen molar-refractivity contribution in [1.29, 1.82) is 0 Å². The SMILES string of the molecule is Fc1ccc(OCCC2CCCCN2)c(F)c1. The van der Waals surface area contributed by atoms with Gasteiger partial charge in [0.1, 0.15) is 5.82 Å². The Kier molecular flexibility index (Phi) is 4.31. The van der Waals surface area contributed by atoms with Crippen LogP contribution in [0.2, 0.25) is 0 Å². The number of hydrogen-bond acceptors (Lipinski definition) is 2. The summed E-state index contributed by atoms with van der Waals surface area (Å²) in [5.41, 5.74) is 0. The average Bonchev–Trinajstić information content (AvgIpc) is 2.33. The van der Waals surface area contributed by atoms with E-state index in [1.807, 2.05) is 0 Å². The van der Waals surface area contributed by atoms with Crippen LogP contribution in [0.3, 0.4) is 0 Å². The summed E-state index contributed by atoms with van der Waals surface area (Å²) in [5.74, 6) is -1.09. The molecule has 94 valence electrons. The van der Waals surface area contributed by atoms with Crippen molar-refractivity contribution in [3.63, 3.8) is 0 Å². The van der Waals surface area contributed by atoms with E-state index in [2.05, 4.69) is 5.32 Å². The van der Waals surface area contributed by atoms with E-state index >= 15 is 0 Å². The Bertz CT molecular complexity index is 364. The Balaban J connectivity index is 1.77. The molecular weight excluding hydrogens is 224 g/mol. The summed E-state index contributed by atoms with van der Waals surface area (Å²) < 4.78 is 31.2. The highest BCUT2D eigenvalue weighted by molar-refractivity contribution is 5.24. The molecule has 0 amide bonds. The lowest BCUT2D eigenvalue weighted by Gasteiger charge is -2.23. The molecule has 0 bridgehead atoms. The molecule has 1 heterocycles. The van der Waals surface area contributed by atoms with Crippen LogP contribution in [0.4, 0.5) is 8.78 Å². The Hall–Kier alpha value is -1.16. The number of hydrogen-bond donors (Lipinski definition) is 1. The topological polar surface area (TPSA) is 21.3 Å². The number of benzene rings is 1. The van der Waals surface area contributed by atoms with E-state index in [4.69, 9.17) is 4.74 Å². The minimum atomic E-state index is -0.637. The van der Waals surface area contributed by atoms with Gasteiger partial charge in [0.05, 0.1) is 6.61 Å². The molecular formula is C13H17F2NO. The smallest absolute Gasteiger partial charge is 0.167 e. The molecule has 0 saturated carbocycles. The van der Waals surface area contributed by atoms with Gasteiger partial charge in [-0.25, -0.2) is 8.78 Å². The number of halogens is 2. The molecule has 0 aliphatic carbocycles. The molecule has 1 atom stereocenters. The highest BCUT2D eigenvalue weighted by atomic mass is 19.1. The highest BCUT2D eigenvalue weighted by Gasteiger charge is 2.12. The second-order valence-corrected chi connectivity index (χ2v) is 4.36. The van der Waals surface area contributed by atoms with E-state index in [-0.39, 0.29) is 5.75 Å². The predicted octanol–water partition coefficient (Wildman–Crippen LogP) is 2.88. The third kappa shape index (κ3) is 3.66. The maximum Gasteiger partial charge on any atom is 0.167 e. The Morgan fingerprint density at radius 3 is 2.88 bits per heavy atom. The number of ether oxygens (including phenoxy) is 1. The van der Waals surface area contributed by atoms with Crippen LogP contribution in [0.5, 0.6) is 5.75 Å². The number of rotatable bonds is 4. The lowest BCUT2D eigenvalue weighted by Crippen LogP contribution is -2.35. The summed E-state index contributed by atoms with van der Waals surface area (Å²) in [6.07, 6.45) is 4.47. The number of nitrogens with one attached hydrogen (secondary N) is 1. The van der Waals surface area contributed by atoms with Crippen LogP contribution in [0.15, 0.2) is 18.2 Å². The molecule has 1 unspecified atom stereocenters. The first kappa shape index (κ1) is 12.3. The van der Waals surface area contributed by atoms with Crippen molar-refractivity contribution in [2.45, 2.75) is 31.7 Å². The van der Waals surface area contributed by atoms with Gasteiger partial charge < -0.3 is 10.1 Å². The lowest BCUT2D eigenvalue weighted by atomic mass is 10.0. The fraction of sp³-hybridized carbons (Fsp3) is 0.538. The third-order valence-corrected chi connectivity index (χ3v) is 3.03. The summed E-state index contributed by atoms with van der Waals surface area (Å²) in [4.78, 5) is 0. The average molecular weight is 241 g/mol. The molecule has 0 aromatic heterocycles. The lowest BCUT2D eigenvalue weighted by molar-refractivity contribution is 0.258. The summed E-state index contributed by atoms with van der Waals surface area (Å²) in [6.45, 7) is 1.51. The van der Waals surface area contributed by atoms with Gasteiger partial charge in [0.2, 0.25) is 0 Å². The molecule has 2 rings (SSSR count). The van der Waals surface area contributed by atoms with E-state index in [1.54, 1.807) is 0 Å². The second kappa shape index (κ2) is 5.96. The largest absolute Gasteiger partial charge is 0.490 e. The van der Waals surface area contributed by atoms with Crippen LogP contribution in [-0.4, -0.2) is 19.2 Å². The van der Waals surface area contributed by atoms with Crippen molar-refractivity contribution in [1.82, 2.24) is 5.32 Å². The third-order valence-electron chi connectivity index (χ3n) is 3.03. The fourth-order valence-electron chi connectivity index (χ4n) is 2.07. The molecule has 1 fully saturated rings. The maximum atomic E-state index is 13.2. The van der Waals surface area contributed by atoms with E-state index in [0.717, 1.165) is 25.5 Å². The van der Waals surface area contributed by atoms with E-state index in [0.29, 0.717) is 12.6 Å². The van der Waals surface area contributed by atoms with Gasteiger partial charge in [0.15, 0.2) is 11.6 Å². The molecule has 1 N–H and O–H groups in total. The summed E-state index contributed by atoms with van der Waals surface area (Å²) >= 11 is 0. The Labute approximate surface area is 100.0 Å². The molecule has 17 heavy (non-hydrogen) atoms. The standard InChI is InChI=1S/C13H17F2NO/c14-10-4-5-13(12(15)9-10)17-8-6-11-3-1-2-7-16-11/h4-5,9,11,16H,1-3,6-8H2. The van der Waals surface area contributed by atoms with Crippen LogP contribution in [0.1, 0.15) is 25.7 Å². The Morgan fingerprint density at radius 1 is 1.29 bits per heavy atom. The zero-order valence-electron chi connectivity index (χ0n) is 9.72. The summed E-state index contributed by atoms with van der Waals surface area (Å²) in [7, 11) is 0. The van der Waals surface area contributed by atoms with Crippen LogP contribution in [0, 0.1) is 11.6 Å². The molecule has 0 spiro atoms. The van der Waals surface area contributed by atoms with Gasteiger partial charge in [0.25, 0.3) is 0 Å². The summed E-state index contributed by atoms with van der Waals surface area (Å²) in [6, 6.07) is 3.84. The molecule has 1 aromatic rings. The van der Waals surface area contributed by atoms with Gasteiger partial charge in [-0.15, -0.1) is 0 Å². The zero-order valence-corrected chi connectivity index (χ0v) is 9.72. The monoisotopic (exact) mass is 241 g/mol. The normalized spacial score (nSPS) is 20.2. The van der Waals surface area contributed by atoms with Crippen LogP contribution >= 0.6 is 0 Å². The first-order valence-corrected chi connectivity index (χ1v) is 6.07. The molecule has 1 aliphatic rings. The molecule has 0 radical (unpaired) electrons. The quantitative estimate of drug-likeness (QED) is 0.875. The van der Waals surface area contributed by atoms with Crippen molar-refractivity contribution in [3.05, 3.63) is 29.8 Å². The van der Waals surface area contributed by atoms with Crippen molar-refractivity contribution in [3.8, 4) is 5.75 Å². The van der Waals surface area contributed by atoms with Crippen LogP contribution < -0.4 is 10.1 Å². The molecule has 4 heteroatoms. The summed E-state index contributed by atoms with van der Waals surface area (Å²) in [5, 5.41) is 3.40. The predicted molar refractivity (Wildman–Crippen MR) is 62.1 cm³/mol. The van der Waals surface area contributed by atoms with Gasteiger partial charge >= 0.3 is 0 Å². The second-order valence-electron chi connectivity index (χ2n) is 4.36. The molecule has 2 nitrogen and oxygen atoms in total. The molecule has 1 aliphatic heterocycles. The zero-order chi connectivity index (χ0) is 12.1. The van der Waals surface area contributed by atoms with Crippen molar-refractivity contribution in [2.24, 2.45) is 0 Å². The minimum absolute atomic E-state index is 0.127. The molecule has 1 saturated heterocycles. The van der Waals surface area contributed by atoms with Gasteiger partial charge in [-0.2, -0.15) is 0 Å². The number of piperidine rings is 1. The minimum Gasteiger partial charge on any atom is -0.490 e. The highest BCUT2D eigenvalue weighted by Crippen LogP contribution is 2.18. The molecule has 1 aromatic carbocycles. The van der Waals surface area contributed by atoms with E-state index in [1.165, 1.54) is 25.0 Å². The van der Waals surface area contributed by atoms with Gasteiger partial charge in [0, 0.05) is 12.1 Å². The van der Waals surface area contributed by atoms with Crippen LogP contribution in [-0.2, 0) is 0 Å². The van der Waals surface area contributed by atoms with Crippen molar-refractivity contribution < 1.29 is 13.5 Å². The Morgan fingerprint density at radius 2 is 2.18 bits per heavy atom. The van der Waals surface area contributed by atoms with Gasteiger partial charge in [-0.3, -0.25) is 0 Å². The van der Waals surface area contributed by atoms with E-state index in [9.17, 15) is 8.78 Å². The van der Waals surface area contributed by atoms with Gasteiger partial charge in [-0.05, 0) is 37.9 Å². The van der Waals surface area contributed by atoms with Gasteiger partial charge in [-0.1, -0.05) is 6.42 Å². The first-order chi connectivity index (χ1) is 8.25. The van der Waals surface area contributed by atoms with Crippen molar-refractivity contribution >= 4 is 0 Å². The fourth-order valence-corrected chi connectivity index (χ4v) is 2.07. The van der Waals surface area contributed by atoms with Crippen molar-refractivity contribution in [2.75, 3.05) is 13.2 Å². The maximum absolute atomic E-state index is 13.2. The first-order valence-electron chi connectivity index (χ1n) is 6.07. The van der Waals surface area contributed by atoms with Crippen LogP contribution in [0.25, 0.3) is 0 Å².